The Kier molecular flexibility index (Phi) is 5.81. The van der Waals surface area contributed by atoms with Gasteiger partial charge >= 0.3 is 12.1 Å². The molecule has 0 heterocycles. The van der Waals surface area contributed by atoms with Crippen LogP contribution in [0.25, 0.3) is 0 Å². The Morgan fingerprint density at radius 1 is 1.32 bits per heavy atom. The van der Waals surface area contributed by atoms with Crippen molar-refractivity contribution in [3.63, 3.8) is 0 Å². The van der Waals surface area contributed by atoms with Crippen molar-refractivity contribution in [1.82, 2.24) is 0 Å². The lowest BCUT2D eigenvalue weighted by atomic mass is 10.3. The quantitative estimate of drug-likeness (QED) is 0.642. The molecule has 7 heteroatoms. The van der Waals surface area contributed by atoms with Gasteiger partial charge in [-0.15, -0.1) is 0 Å². The van der Waals surface area contributed by atoms with E-state index >= 15 is 0 Å². The Labute approximate surface area is 115 Å². The zero-order chi connectivity index (χ0) is 14.3. The Morgan fingerprint density at radius 2 is 1.95 bits per heavy atom. The highest BCUT2D eigenvalue weighted by Crippen LogP contribution is 2.13. The number of benzene rings is 1. The van der Waals surface area contributed by atoms with Gasteiger partial charge in [0.05, 0.1) is 19.2 Å². The van der Waals surface area contributed by atoms with Crippen LogP contribution in [0.1, 0.15) is 6.42 Å². The molecule has 19 heavy (non-hydrogen) atoms. The number of halogens is 1. The van der Waals surface area contributed by atoms with Crippen LogP contribution in [0.3, 0.4) is 0 Å². The van der Waals surface area contributed by atoms with Crippen LogP contribution < -0.4 is 5.32 Å². The standard InChI is InChI=1S/C12H13ClN2O4/c1-18-11(16)6-9(14)7-19-12(17)15-10-4-2-8(13)3-5-10/h2-5,14H,6-7H2,1H3,(H,15,17). The lowest BCUT2D eigenvalue weighted by Crippen LogP contribution is -2.20. The van der Waals surface area contributed by atoms with Crippen LogP contribution in [0, 0.1) is 5.41 Å². The highest BCUT2D eigenvalue weighted by atomic mass is 35.5. The van der Waals surface area contributed by atoms with E-state index in [1.807, 2.05) is 0 Å². The normalized spacial score (nSPS) is 9.58. The molecule has 0 radical (unpaired) electrons. The number of rotatable bonds is 5. The largest absolute Gasteiger partial charge is 0.469 e. The molecule has 0 bridgehead atoms. The molecule has 6 nitrogen and oxygen atoms in total. The molecule has 0 spiro atoms. The number of carbonyl (C=O) groups excluding carboxylic acids is 2. The summed E-state index contributed by atoms with van der Waals surface area (Å²) >= 11 is 5.70. The molecule has 102 valence electrons. The number of amides is 1. The van der Waals surface area contributed by atoms with E-state index in [1.165, 1.54) is 7.11 Å². The molecule has 0 unspecified atom stereocenters. The molecule has 1 aromatic carbocycles. The molecule has 2 N–H and O–H groups in total. The molecule has 1 aromatic rings. The zero-order valence-corrected chi connectivity index (χ0v) is 11.0. The van der Waals surface area contributed by atoms with Crippen molar-refractivity contribution < 1.29 is 19.1 Å². The van der Waals surface area contributed by atoms with Gasteiger partial charge in [-0.1, -0.05) is 11.6 Å². The summed E-state index contributed by atoms with van der Waals surface area (Å²) in [5.41, 5.74) is 0.479. The number of esters is 1. The first-order valence-electron chi connectivity index (χ1n) is 5.33. The van der Waals surface area contributed by atoms with Gasteiger partial charge in [-0.05, 0) is 24.3 Å². The van der Waals surface area contributed by atoms with Crippen LogP contribution in [0.2, 0.25) is 5.02 Å². The van der Waals surface area contributed by atoms with Crippen molar-refractivity contribution in [2.24, 2.45) is 0 Å². The number of anilines is 1. The van der Waals surface area contributed by atoms with E-state index in [1.54, 1.807) is 24.3 Å². The summed E-state index contributed by atoms with van der Waals surface area (Å²) in [4.78, 5) is 22.2. The topological polar surface area (TPSA) is 88.5 Å². The summed E-state index contributed by atoms with van der Waals surface area (Å²) in [5, 5.41) is 10.4. The minimum absolute atomic E-state index is 0.0434. The number of methoxy groups -OCH3 is 1. The van der Waals surface area contributed by atoms with Gasteiger partial charge in [-0.25, -0.2) is 4.79 Å². The average Bonchev–Trinajstić information content (AvgIpc) is 2.39. The first-order valence-corrected chi connectivity index (χ1v) is 5.71. The van der Waals surface area contributed by atoms with Gasteiger partial charge < -0.3 is 14.9 Å². The minimum atomic E-state index is -0.711. The van der Waals surface area contributed by atoms with E-state index in [0.29, 0.717) is 10.7 Å². The third kappa shape index (κ3) is 5.87. The van der Waals surface area contributed by atoms with Gasteiger partial charge in [0.25, 0.3) is 0 Å². The Hall–Kier alpha value is -2.08. The second-order valence-electron chi connectivity index (χ2n) is 3.56. The van der Waals surface area contributed by atoms with E-state index in [2.05, 4.69) is 10.1 Å². The van der Waals surface area contributed by atoms with Gasteiger partial charge in [0.15, 0.2) is 0 Å². The van der Waals surface area contributed by atoms with Crippen LogP contribution >= 0.6 is 11.6 Å². The molecule has 0 fully saturated rings. The first kappa shape index (κ1) is 15.0. The molecular weight excluding hydrogens is 272 g/mol. The predicted octanol–water partition coefficient (Wildman–Crippen LogP) is 2.47. The van der Waals surface area contributed by atoms with Crippen molar-refractivity contribution in [3.8, 4) is 0 Å². The first-order chi connectivity index (χ1) is 9.01. The minimum Gasteiger partial charge on any atom is -0.469 e. The molecular formula is C12H13ClN2O4. The van der Waals surface area contributed by atoms with Gasteiger partial charge in [-0.2, -0.15) is 0 Å². The molecule has 1 amide bonds. The summed E-state index contributed by atoms with van der Waals surface area (Å²) in [5.74, 6) is -0.549. The second kappa shape index (κ2) is 7.38. The lowest BCUT2D eigenvalue weighted by molar-refractivity contribution is -0.139. The molecule has 0 atom stereocenters. The van der Waals surface area contributed by atoms with E-state index in [0.717, 1.165) is 0 Å². The Balaban J connectivity index is 2.33. The summed E-state index contributed by atoms with van der Waals surface area (Å²) in [6.45, 7) is -0.269. The summed E-state index contributed by atoms with van der Waals surface area (Å²) in [6.07, 6.45) is -0.915. The van der Waals surface area contributed by atoms with Gasteiger partial charge in [0.2, 0.25) is 0 Å². The molecule has 0 aliphatic carbocycles. The Morgan fingerprint density at radius 3 is 2.53 bits per heavy atom. The molecule has 0 aliphatic heterocycles. The van der Waals surface area contributed by atoms with Gasteiger partial charge in [0.1, 0.15) is 6.61 Å². The van der Waals surface area contributed by atoms with Crippen LogP contribution in [-0.4, -0.2) is 31.5 Å². The van der Waals surface area contributed by atoms with Crippen molar-refractivity contribution >= 4 is 35.1 Å². The fourth-order valence-corrected chi connectivity index (χ4v) is 1.26. The highest BCUT2D eigenvalue weighted by Gasteiger charge is 2.09. The van der Waals surface area contributed by atoms with Crippen LogP contribution in [0.4, 0.5) is 10.5 Å². The van der Waals surface area contributed by atoms with Crippen LogP contribution in [0.5, 0.6) is 0 Å². The van der Waals surface area contributed by atoms with E-state index < -0.39 is 12.1 Å². The summed E-state index contributed by atoms with van der Waals surface area (Å²) in [6, 6.07) is 6.47. The van der Waals surface area contributed by atoms with Crippen LogP contribution in [0.15, 0.2) is 24.3 Å². The number of nitrogens with one attached hydrogen (secondary N) is 2. The molecule has 1 rings (SSSR count). The number of carbonyl (C=O) groups is 2. The van der Waals surface area contributed by atoms with Crippen molar-refractivity contribution in [3.05, 3.63) is 29.3 Å². The third-order valence-electron chi connectivity index (χ3n) is 2.05. The van der Waals surface area contributed by atoms with E-state index in [9.17, 15) is 9.59 Å². The van der Waals surface area contributed by atoms with Crippen molar-refractivity contribution in [2.45, 2.75) is 6.42 Å². The molecule has 0 aromatic heterocycles. The SMILES string of the molecule is COC(=O)CC(=N)COC(=O)Nc1ccc(Cl)cc1. The van der Waals surface area contributed by atoms with Gasteiger partial charge in [0, 0.05) is 10.7 Å². The highest BCUT2D eigenvalue weighted by molar-refractivity contribution is 6.30. The van der Waals surface area contributed by atoms with E-state index in [-0.39, 0.29) is 18.7 Å². The van der Waals surface area contributed by atoms with E-state index in [4.69, 9.17) is 21.7 Å². The molecule has 0 aliphatic rings. The second-order valence-corrected chi connectivity index (χ2v) is 4.00. The molecule has 0 saturated heterocycles. The third-order valence-corrected chi connectivity index (χ3v) is 2.31. The monoisotopic (exact) mass is 284 g/mol. The summed E-state index contributed by atoms with van der Waals surface area (Å²) < 4.78 is 9.15. The van der Waals surface area contributed by atoms with Crippen molar-refractivity contribution in [1.29, 1.82) is 5.41 Å². The fourth-order valence-electron chi connectivity index (χ4n) is 1.14. The summed E-state index contributed by atoms with van der Waals surface area (Å²) in [7, 11) is 1.23. The smallest absolute Gasteiger partial charge is 0.411 e. The average molecular weight is 285 g/mol. The maximum atomic E-state index is 11.4. The number of hydrogen-bond acceptors (Lipinski definition) is 5. The van der Waals surface area contributed by atoms with Crippen molar-refractivity contribution in [2.75, 3.05) is 19.0 Å². The number of ether oxygens (including phenoxy) is 2. The predicted molar refractivity (Wildman–Crippen MR) is 70.8 cm³/mol. The van der Waals surface area contributed by atoms with Gasteiger partial charge in [-0.3, -0.25) is 10.1 Å². The fraction of sp³-hybridized carbons (Fsp3) is 0.250. The number of hydrogen-bond donors (Lipinski definition) is 2. The maximum Gasteiger partial charge on any atom is 0.411 e. The Bertz CT molecular complexity index is 473. The maximum absolute atomic E-state index is 11.4. The van der Waals surface area contributed by atoms with Crippen LogP contribution in [-0.2, 0) is 14.3 Å². The molecule has 0 saturated carbocycles. The lowest BCUT2D eigenvalue weighted by Gasteiger charge is -2.07. The zero-order valence-electron chi connectivity index (χ0n) is 10.2.